The fraction of sp³-hybridized carbons (Fsp3) is 0.571. The molecule has 2 rings (SSSR count). The molecule has 0 unspecified atom stereocenters. The molecule has 2 heterocycles. The lowest BCUT2D eigenvalue weighted by Gasteiger charge is -2.01. The molecular weight excluding hydrogens is 240 g/mol. The summed E-state index contributed by atoms with van der Waals surface area (Å²) in [5.74, 6) is 3.82. The maximum Gasteiger partial charge on any atom is 0.150 e. The van der Waals surface area contributed by atoms with Crippen LogP contribution in [0.1, 0.15) is 42.6 Å². The summed E-state index contributed by atoms with van der Waals surface area (Å²) >= 11 is 0. The third-order valence-electron chi connectivity index (χ3n) is 3.17. The van der Waals surface area contributed by atoms with Gasteiger partial charge in [-0.25, -0.2) is 9.67 Å². The van der Waals surface area contributed by atoms with Crippen LogP contribution in [0.4, 0.5) is 0 Å². The molecule has 0 spiro atoms. The first-order valence-corrected chi connectivity index (χ1v) is 6.83. The molecule has 0 aliphatic heterocycles. The Labute approximate surface area is 114 Å². The van der Waals surface area contributed by atoms with Gasteiger partial charge in [0.25, 0.3) is 0 Å². The van der Waals surface area contributed by atoms with Crippen molar-refractivity contribution in [3.8, 4) is 0 Å². The lowest BCUT2D eigenvalue weighted by molar-refractivity contribution is 0.451. The van der Waals surface area contributed by atoms with Gasteiger partial charge in [0, 0.05) is 24.9 Å². The van der Waals surface area contributed by atoms with E-state index in [-0.39, 0.29) is 0 Å². The molecule has 1 N–H and O–H groups in total. The summed E-state index contributed by atoms with van der Waals surface area (Å²) in [4.78, 5) is 4.51. The predicted octanol–water partition coefficient (Wildman–Crippen LogP) is 2.07. The minimum atomic E-state index is 0.653. The zero-order valence-electron chi connectivity index (χ0n) is 12.2. The SMILES string of the molecule is CCc1nc(CC)n(Cc2cc(CNC)c(C)o2)n1. The maximum absolute atomic E-state index is 5.78. The van der Waals surface area contributed by atoms with Crippen LogP contribution < -0.4 is 5.32 Å². The van der Waals surface area contributed by atoms with E-state index < -0.39 is 0 Å². The molecule has 0 aliphatic carbocycles. The monoisotopic (exact) mass is 262 g/mol. The fourth-order valence-corrected chi connectivity index (χ4v) is 2.14. The standard InChI is InChI=1S/C14H22N4O/c1-5-13-16-14(6-2)18(17-13)9-12-7-11(8-15-4)10(3)19-12/h7,15H,5-6,8-9H2,1-4H3. The van der Waals surface area contributed by atoms with E-state index in [4.69, 9.17) is 4.42 Å². The summed E-state index contributed by atoms with van der Waals surface area (Å²) in [6.07, 6.45) is 1.75. The van der Waals surface area contributed by atoms with E-state index in [0.717, 1.165) is 42.6 Å². The van der Waals surface area contributed by atoms with Crippen molar-refractivity contribution in [2.75, 3.05) is 7.05 Å². The predicted molar refractivity (Wildman–Crippen MR) is 74.1 cm³/mol. The summed E-state index contributed by atoms with van der Waals surface area (Å²) in [5, 5.41) is 7.65. The lowest BCUT2D eigenvalue weighted by Crippen LogP contribution is -2.06. The molecule has 0 aliphatic rings. The van der Waals surface area contributed by atoms with Crippen LogP contribution in [0.5, 0.6) is 0 Å². The zero-order valence-corrected chi connectivity index (χ0v) is 12.2. The number of aromatic nitrogens is 3. The Kier molecular flexibility index (Phi) is 4.37. The number of nitrogens with one attached hydrogen (secondary N) is 1. The molecule has 5 heteroatoms. The molecule has 0 aromatic carbocycles. The van der Waals surface area contributed by atoms with Crippen molar-refractivity contribution in [1.29, 1.82) is 0 Å². The first-order chi connectivity index (χ1) is 9.17. The van der Waals surface area contributed by atoms with Gasteiger partial charge in [-0.3, -0.25) is 0 Å². The van der Waals surface area contributed by atoms with Crippen molar-refractivity contribution < 1.29 is 4.42 Å². The summed E-state index contributed by atoms with van der Waals surface area (Å²) in [5.41, 5.74) is 1.20. The van der Waals surface area contributed by atoms with Crippen molar-refractivity contribution in [1.82, 2.24) is 20.1 Å². The Morgan fingerprint density at radius 1 is 1.32 bits per heavy atom. The Hall–Kier alpha value is -1.62. The van der Waals surface area contributed by atoms with Crippen molar-refractivity contribution in [2.24, 2.45) is 0 Å². The Morgan fingerprint density at radius 3 is 2.74 bits per heavy atom. The Balaban J connectivity index is 2.20. The van der Waals surface area contributed by atoms with Crippen molar-refractivity contribution >= 4 is 0 Å². The largest absolute Gasteiger partial charge is 0.464 e. The average Bonchev–Trinajstić information content (AvgIpc) is 2.94. The molecule has 0 fully saturated rings. The number of aryl methyl sites for hydroxylation is 3. The molecule has 19 heavy (non-hydrogen) atoms. The van der Waals surface area contributed by atoms with E-state index in [0.29, 0.717) is 6.54 Å². The number of rotatable bonds is 6. The topological polar surface area (TPSA) is 55.9 Å². The molecule has 5 nitrogen and oxygen atoms in total. The molecule has 104 valence electrons. The van der Waals surface area contributed by atoms with Gasteiger partial charge in [0.05, 0.1) is 0 Å². The van der Waals surface area contributed by atoms with Crippen molar-refractivity contribution in [3.63, 3.8) is 0 Å². The van der Waals surface area contributed by atoms with Gasteiger partial charge in [0.2, 0.25) is 0 Å². The fourth-order valence-electron chi connectivity index (χ4n) is 2.14. The van der Waals surface area contributed by atoms with Gasteiger partial charge in [-0.15, -0.1) is 0 Å². The van der Waals surface area contributed by atoms with E-state index >= 15 is 0 Å². The van der Waals surface area contributed by atoms with Gasteiger partial charge in [-0.1, -0.05) is 13.8 Å². The van der Waals surface area contributed by atoms with Gasteiger partial charge in [0.1, 0.15) is 23.9 Å². The Bertz CT molecular complexity index is 542. The van der Waals surface area contributed by atoms with Crippen LogP contribution in [-0.2, 0) is 25.9 Å². The highest BCUT2D eigenvalue weighted by molar-refractivity contribution is 5.21. The van der Waals surface area contributed by atoms with Crippen molar-refractivity contribution in [2.45, 2.75) is 46.7 Å². The van der Waals surface area contributed by atoms with Crippen LogP contribution in [-0.4, -0.2) is 21.8 Å². The van der Waals surface area contributed by atoms with E-state index in [2.05, 4.69) is 35.3 Å². The molecule has 0 radical (unpaired) electrons. The van der Waals surface area contributed by atoms with E-state index in [1.807, 2.05) is 18.7 Å². The Morgan fingerprint density at radius 2 is 2.11 bits per heavy atom. The molecule has 2 aromatic rings. The second-order valence-corrected chi connectivity index (χ2v) is 4.63. The normalized spacial score (nSPS) is 11.2. The first-order valence-electron chi connectivity index (χ1n) is 6.83. The summed E-state index contributed by atoms with van der Waals surface area (Å²) in [7, 11) is 1.94. The summed E-state index contributed by atoms with van der Waals surface area (Å²) in [6, 6.07) is 2.10. The minimum absolute atomic E-state index is 0.653. The number of nitrogens with zero attached hydrogens (tertiary/aromatic N) is 3. The molecule has 0 amide bonds. The van der Waals surface area contributed by atoms with Crippen LogP contribution in [0.2, 0.25) is 0 Å². The highest BCUT2D eigenvalue weighted by Crippen LogP contribution is 2.16. The van der Waals surface area contributed by atoms with Gasteiger partial charge in [0.15, 0.2) is 5.82 Å². The quantitative estimate of drug-likeness (QED) is 0.866. The molecule has 0 atom stereocenters. The van der Waals surface area contributed by atoms with Crippen LogP contribution in [0.3, 0.4) is 0 Å². The second-order valence-electron chi connectivity index (χ2n) is 4.63. The smallest absolute Gasteiger partial charge is 0.150 e. The number of furan rings is 1. The molecular formula is C14H22N4O. The summed E-state index contributed by atoms with van der Waals surface area (Å²) in [6.45, 7) is 7.64. The third-order valence-corrected chi connectivity index (χ3v) is 3.17. The average molecular weight is 262 g/mol. The van der Waals surface area contributed by atoms with Crippen molar-refractivity contribution in [3.05, 3.63) is 34.8 Å². The zero-order chi connectivity index (χ0) is 13.8. The lowest BCUT2D eigenvalue weighted by atomic mass is 10.2. The molecule has 2 aromatic heterocycles. The van der Waals surface area contributed by atoms with Gasteiger partial charge in [-0.2, -0.15) is 5.10 Å². The molecule has 0 saturated carbocycles. The van der Waals surface area contributed by atoms with Gasteiger partial charge >= 0.3 is 0 Å². The highest BCUT2D eigenvalue weighted by atomic mass is 16.3. The minimum Gasteiger partial charge on any atom is -0.464 e. The maximum atomic E-state index is 5.78. The molecule has 0 saturated heterocycles. The van der Waals surface area contributed by atoms with E-state index in [1.54, 1.807) is 0 Å². The van der Waals surface area contributed by atoms with Gasteiger partial charge < -0.3 is 9.73 Å². The van der Waals surface area contributed by atoms with Crippen LogP contribution in [0, 0.1) is 6.92 Å². The number of hydrogen-bond donors (Lipinski definition) is 1. The van der Waals surface area contributed by atoms with E-state index in [1.165, 1.54) is 5.56 Å². The highest BCUT2D eigenvalue weighted by Gasteiger charge is 2.11. The van der Waals surface area contributed by atoms with E-state index in [9.17, 15) is 0 Å². The van der Waals surface area contributed by atoms with Gasteiger partial charge in [-0.05, 0) is 20.0 Å². The first kappa shape index (κ1) is 13.8. The van der Waals surface area contributed by atoms with Crippen LogP contribution >= 0.6 is 0 Å². The van der Waals surface area contributed by atoms with Crippen LogP contribution in [0.15, 0.2) is 10.5 Å². The second kappa shape index (κ2) is 6.02. The summed E-state index contributed by atoms with van der Waals surface area (Å²) < 4.78 is 7.73. The van der Waals surface area contributed by atoms with Crippen LogP contribution in [0.25, 0.3) is 0 Å². The third kappa shape index (κ3) is 3.04. The number of hydrogen-bond acceptors (Lipinski definition) is 4. The molecule has 0 bridgehead atoms.